The fourth-order valence-corrected chi connectivity index (χ4v) is 1.24. The number of halogens is 3. The highest BCUT2D eigenvalue weighted by Crippen LogP contribution is 2.33. The molecular weight excluding hydrogens is 214 g/mol. The Hall–Kier alpha value is -0.870. The van der Waals surface area contributed by atoms with E-state index in [0.717, 1.165) is 6.07 Å². The van der Waals surface area contributed by atoms with Crippen molar-refractivity contribution in [2.45, 2.75) is 5.92 Å². The van der Waals surface area contributed by atoms with Crippen LogP contribution < -0.4 is 4.74 Å². The molecule has 0 heterocycles. The van der Waals surface area contributed by atoms with Gasteiger partial charge in [0.05, 0.1) is 12.1 Å². The third-order valence-electron chi connectivity index (χ3n) is 1.77. The summed E-state index contributed by atoms with van der Waals surface area (Å²) in [5.74, 6) is -2.94. The SMILES string of the molecule is COc1ccc(C(F)(F)CO)cc1Cl. The van der Waals surface area contributed by atoms with Gasteiger partial charge in [0.25, 0.3) is 5.92 Å². The number of ether oxygens (including phenoxy) is 1. The number of aliphatic hydroxyl groups is 1. The molecule has 0 saturated heterocycles. The molecular formula is C9H9ClF2O2. The van der Waals surface area contributed by atoms with Crippen molar-refractivity contribution in [3.8, 4) is 5.75 Å². The molecule has 0 bridgehead atoms. The van der Waals surface area contributed by atoms with Gasteiger partial charge in [0.2, 0.25) is 0 Å². The molecule has 0 radical (unpaired) electrons. The van der Waals surface area contributed by atoms with Crippen molar-refractivity contribution in [1.29, 1.82) is 0 Å². The van der Waals surface area contributed by atoms with Crippen LogP contribution in [0.2, 0.25) is 5.02 Å². The van der Waals surface area contributed by atoms with Crippen LogP contribution in [-0.2, 0) is 5.92 Å². The van der Waals surface area contributed by atoms with E-state index in [1.165, 1.54) is 19.2 Å². The molecule has 78 valence electrons. The largest absolute Gasteiger partial charge is 0.495 e. The second-order valence-corrected chi connectivity index (χ2v) is 3.12. The van der Waals surface area contributed by atoms with Crippen molar-refractivity contribution in [2.75, 3.05) is 13.7 Å². The van der Waals surface area contributed by atoms with Crippen molar-refractivity contribution >= 4 is 11.6 Å². The summed E-state index contributed by atoms with van der Waals surface area (Å²) in [6, 6.07) is 3.58. The van der Waals surface area contributed by atoms with Crippen molar-refractivity contribution in [2.24, 2.45) is 0 Å². The van der Waals surface area contributed by atoms with Gasteiger partial charge in [0.15, 0.2) is 0 Å². The van der Waals surface area contributed by atoms with E-state index in [1.54, 1.807) is 0 Å². The van der Waals surface area contributed by atoms with Crippen LogP contribution in [0.3, 0.4) is 0 Å². The second-order valence-electron chi connectivity index (χ2n) is 2.71. The normalized spacial score (nSPS) is 11.5. The van der Waals surface area contributed by atoms with Crippen LogP contribution >= 0.6 is 11.6 Å². The van der Waals surface area contributed by atoms with Crippen LogP contribution in [0, 0.1) is 0 Å². The molecule has 0 aromatic heterocycles. The number of aliphatic hydroxyl groups excluding tert-OH is 1. The van der Waals surface area contributed by atoms with Gasteiger partial charge in [-0.3, -0.25) is 0 Å². The van der Waals surface area contributed by atoms with E-state index in [-0.39, 0.29) is 10.6 Å². The van der Waals surface area contributed by atoms with Crippen LogP contribution in [0.5, 0.6) is 5.75 Å². The minimum absolute atomic E-state index is 0.0955. The molecule has 1 rings (SSSR count). The maximum absolute atomic E-state index is 13.0. The van der Waals surface area contributed by atoms with Crippen LogP contribution in [-0.4, -0.2) is 18.8 Å². The molecule has 0 aliphatic heterocycles. The number of alkyl halides is 2. The van der Waals surface area contributed by atoms with E-state index >= 15 is 0 Å². The molecule has 0 fully saturated rings. The summed E-state index contributed by atoms with van der Waals surface area (Å²) in [5, 5.41) is 8.54. The van der Waals surface area contributed by atoms with Gasteiger partial charge < -0.3 is 9.84 Å². The molecule has 0 aliphatic carbocycles. The Balaban J connectivity index is 3.08. The summed E-state index contributed by atoms with van der Waals surface area (Å²) in [4.78, 5) is 0. The first-order valence-corrected chi connectivity index (χ1v) is 4.22. The number of rotatable bonds is 3. The van der Waals surface area contributed by atoms with Gasteiger partial charge >= 0.3 is 0 Å². The smallest absolute Gasteiger partial charge is 0.295 e. The van der Waals surface area contributed by atoms with E-state index in [1.807, 2.05) is 0 Å². The summed E-state index contributed by atoms with van der Waals surface area (Å²) in [7, 11) is 1.39. The van der Waals surface area contributed by atoms with E-state index in [0.29, 0.717) is 5.75 Å². The molecule has 0 saturated carbocycles. The van der Waals surface area contributed by atoms with E-state index in [9.17, 15) is 8.78 Å². The topological polar surface area (TPSA) is 29.5 Å². The number of benzene rings is 1. The monoisotopic (exact) mass is 222 g/mol. The molecule has 2 nitrogen and oxygen atoms in total. The predicted molar refractivity (Wildman–Crippen MR) is 49.0 cm³/mol. The average Bonchev–Trinajstić information content (AvgIpc) is 2.17. The Kier molecular flexibility index (Phi) is 3.29. The number of hydrogen-bond acceptors (Lipinski definition) is 2. The molecule has 1 N–H and O–H groups in total. The van der Waals surface area contributed by atoms with Gasteiger partial charge in [-0.25, -0.2) is 0 Å². The van der Waals surface area contributed by atoms with Gasteiger partial charge in [-0.2, -0.15) is 8.78 Å². The predicted octanol–water partition coefficient (Wildman–Crippen LogP) is 2.43. The molecule has 0 spiro atoms. The van der Waals surface area contributed by atoms with Gasteiger partial charge in [-0.1, -0.05) is 11.6 Å². The summed E-state index contributed by atoms with van der Waals surface area (Å²) in [6.07, 6.45) is 0. The lowest BCUT2D eigenvalue weighted by Crippen LogP contribution is -2.18. The molecule has 0 atom stereocenters. The lowest BCUT2D eigenvalue weighted by molar-refractivity contribution is -0.0556. The van der Waals surface area contributed by atoms with Gasteiger partial charge in [0, 0.05) is 5.56 Å². The van der Waals surface area contributed by atoms with E-state index in [2.05, 4.69) is 0 Å². The highest BCUT2D eigenvalue weighted by molar-refractivity contribution is 6.32. The Labute approximate surface area is 85.1 Å². The minimum Gasteiger partial charge on any atom is -0.495 e. The standard InChI is InChI=1S/C9H9ClF2O2/c1-14-8-3-2-6(4-7(8)10)9(11,12)5-13/h2-4,13H,5H2,1H3. The lowest BCUT2D eigenvalue weighted by atomic mass is 10.1. The van der Waals surface area contributed by atoms with Gasteiger partial charge in [0.1, 0.15) is 12.4 Å². The lowest BCUT2D eigenvalue weighted by Gasteiger charge is -2.14. The second kappa shape index (κ2) is 4.11. The number of hydrogen-bond donors (Lipinski definition) is 1. The summed E-state index contributed by atoms with van der Waals surface area (Å²) < 4.78 is 30.7. The van der Waals surface area contributed by atoms with Crippen LogP contribution in [0.15, 0.2) is 18.2 Å². The van der Waals surface area contributed by atoms with Crippen molar-refractivity contribution in [3.63, 3.8) is 0 Å². The highest BCUT2D eigenvalue weighted by Gasteiger charge is 2.30. The zero-order valence-electron chi connectivity index (χ0n) is 7.43. The Morgan fingerprint density at radius 2 is 2.14 bits per heavy atom. The molecule has 0 amide bonds. The maximum Gasteiger partial charge on any atom is 0.295 e. The summed E-state index contributed by atoms with van der Waals surface area (Å²) in [6.45, 7) is -1.24. The Morgan fingerprint density at radius 1 is 1.50 bits per heavy atom. The van der Waals surface area contributed by atoms with Crippen LogP contribution in [0.1, 0.15) is 5.56 Å². The fraction of sp³-hybridized carbons (Fsp3) is 0.333. The summed E-state index contributed by atoms with van der Waals surface area (Å²) >= 11 is 5.65. The summed E-state index contributed by atoms with van der Waals surface area (Å²) in [5.41, 5.74) is -0.328. The van der Waals surface area contributed by atoms with E-state index < -0.39 is 12.5 Å². The van der Waals surface area contributed by atoms with Crippen LogP contribution in [0.25, 0.3) is 0 Å². The molecule has 5 heteroatoms. The Bertz CT molecular complexity index is 329. The van der Waals surface area contributed by atoms with Gasteiger partial charge in [-0.05, 0) is 18.2 Å². The fourth-order valence-electron chi connectivity index (χ4n) is 0.985. The molecule has 0 unspecified atom stereocenters. The first-order valence-electron chi connectivity index (χ1n) is 3.84. The zero-order valence-corrected chi connectivity index (χ0v) is 8.18. The van der Waals surface area contributed by atoms with Crippen LogP contribution in [0.4, 0.5) is 8.78 Å². The van der Waals surface area contributed by atoms with E-state index in [4.69, 9.17) is 21.4 Å². The van der Waals surface area contributed by atoms with Gasteiger partial charge in [-0.15, -0.1) is 0 Å². The molecule has 0 aliphatic rings. The highest BCUT2D eigenvalue weighted by atomic mass is 35.5. The first kappa shape index (κ1) is 11.2. The minimum atomic E-state index is -3.27. The van der Waals surface area contributed by atoms with Crippen molar-refractivity contribution < 1.29 is 18.6 Å². The maximum atomic E-state index is 13.0. The zero-order chi connectivity index (χ0) is 10.8. The quantitative estimate of drug-likeness (QED) is 0.851. The van der Waals surface area contributed by atoms with Crippen molar-refractivity contribution in [3.05, 3.63) is 28.8 Å². The third-order valence-corrected chi connectivity index (χ3v) is 2.07. The molecule has 1 aromatic rings. The third kappa shape index (κ3) is 2.13. The molecule has 1 aromatic carbocycles. The first-order chi connectivity index (χ1) is 6.51. The molecule has 14 heavy (non-hydrogen) atoms. The Morgan fingerprint density at radius 3 is 2.57 bits per heavy atom. The average molecular weight is 223 g/mol. The van der Waals surface area contributed by atoms with Crippen molar-refractivity contribution in [1.82, 2.24) is 0 Å². The number of methoxy groups -OCH3 is 1.